The van der Waals surface area contributed by atoms with Gasteiger partial charge in [-0.1, -0.05) is 23.7 Å². The molecule has 1 N–H and O–H groups in total. The lowest BCUT2D eigenvalue weighted by molar-refractivity contribution is -0.121. The van der Waals surface area contributed by atoms with Crippen LogP contribution in [0.3, 0.4) is 0 Å². The van der Waals surface area contributed by atoms with E-state index in [0.29, 0.717) is 26.6 Å². The van der Waals surface area contributed by atoms with Gasteiger partial charge in [0.2, 0.25) is 5.91 Å². The molecule has 2 amide bonds. The fourth-order valence-electron chi connectivity index (χ4n) is 2.61. The third-order valence-corrected chi connectivity index (χ3v) is 4.64. The Labute approximate surface area is 152 Å². The van der Waals surface area contributed by atoms with Crippen LogP contribution in [-0.4, -0.2) is 25.0 Å². The quantitative estimate of drug-likeness (QED) is 0.779. The third kappa shape index (κ3) is 3.12. The van der Waals surface area contributed by atoms with Crippen molar-refractivity contribution in [2.24, 2.45) is 0 Å². The summed E-state index contributed by atoms with van der Waals surface area (Å²) >= 11 is 9.38. The number of hydrogen-bond donors (Lipinski definition) is 1. The Balaban J connectivity index is 1.88. The number of hydrogen-bond acceptors (Lipinski definition) is 4. The predicted octanol–water partition coefficient (Wildman–Crippen LogP) is 3.86. The molecule has 2 aromatic carbocycles. The number of carbonyl (C=O) groups excluding carboxylic acids is 2. The third-order valence-electron chi connectivity index (χ3n) is 3.73. The van der Waals surface area contributed by atoms with Crippen molar-refractivity contribution < 1.29 is 14.3 Å². The van der Waals surface area contributed by atoms with Crippen LogP contribution < -0.4 is 15.0 Å². The summed E-state index contributed by atoms with van der Waals surface area (Å²) in [6.45, 7) is 0. The van der Waals surface area contributed by atoms with Gasteiger partial charge >= 0.3 is 0 Å². The molecule has 1 fully saturated rings. The number of ether oxygens (including phenoxy) is 1. The minimum Gasteiger partial charge on any atom is -0.495 e. The number of amides is 2. The number of halogens is 2. The van der Waals surface area contributed by atoms with E-state index in [1.165, 1.54) is 12.0 Å². The number of rotatable bonds is 4. The molecule has 24 heavy (non-hydrogen) atoms. The summed E-state index contributed by atoms with van der Waals surface area (Å²) in [5.74, 6) is -0.0154. The first-order valence-corrected chi connectivity index (χ1v) is 8.39. The highest BCUT2D eigenvalue weighted by molar-refractivity contribution is 9.10. The highest BCUT2D eigenvalue weighted by Crippen LogP contribution is 2.33. The highest BCUT2D eigenvalue weighted by Gasteiger charge is 2.40. The summed E-state index contributed by atoms with van der Waals surface area (Å²) < 4.78 is 5.95. The fourth-order valence-corrected chi connectivity index (χ4v) is 3.25. The molecule has 3 rings (SSSR count). The summed E-state index contributed by atoms with van der Waals surface area (Å²) in [4.78, 5) is 26.2. The fraction of sp³-hybridized carbons (Fsp3) is 0.176. The average molecular weight is 410 g/mol. The zero-order valence-electron chi connectivity index (χ0n) is 12.8. The van der Waals surface area contributed by atoms with Gasteiger partial charge in [-0.05, 0) is 46.3 Å². The smallest absolute Gasteiger partial charge is 0.256 e. The monoisotopic (exact) mass is 408 g/mol. The van der Waals surface area contributed by atoms with Gasteiger partial charge in [0.05, 0.1) is 24.9 Å². The second-order valence-electron chi connectivity index (χ2n) is 5.26. The maximum atomic E-state index is 12.7. The van der Waals surface area contributed by atoms with Gasteiger partial charge in [-0.3, -0.25) is 9.59 Å². The Hall–Kier alpha value is -2.05. The lowest BCUT2D eigenvalue weighted by Gasteiger charge is -2.18. The second kappa shape index (κ2) is 6.83. The summed E-state index contributed by atoms with van der Waals surface area (Å²) in [5.41, 5.74) is 1.11. The molecule has 124 valence electrons. The maximum Gasteiger partial charge on any atom is 0.256 e. The molecule has 0 radical (unpaired) electrons. The SMILES string of the molecule is COc1ccc(Cl)cc1N[C@@H]1CC(=O)N(c2ccccc2Br)C1=O. The second-order valence-corrected chi connectivity index (χ2v) is 6.56. The van der Waals surface area contributed by atoms with Gasteiger partial charge < -0.3 is 10.1 Å². The van der Waals surface area contributed by atoms with Crippen LogP contribution in [0.5, 0.6) is 5.75 Å². The van der Waals surface area contributed by atoms with Crippen molar-refractivity contribution >= 4 is 50.7 Å². The molecule has 1 saturated heterocycles. The molecule has 1 aliphatic heterocycles. The molecule has 1 atom stereocenters. The molecule has 1 heterocycles. The van der Waals surface area contributed by atoms with Gasteiger partial charge in [0, 0.05) is 9.50 Å². The summed E-state index contributed by atoms with van der Waals surface area (Å²) in [6, 6.07) is 11.5. The molecule has 5 nitrogen and oxygen atoms in total. The molecule has 0 aromatic heterocycles. The molecule has 0 unspecified atom stereocenters. The van der Waals surface area contributed by atoms with Crippen LogP contribution in [0.25, 0.3) is 0 Å². The van der Waals surface area contributed by atoms with E-state index in [-0.39, 0.29) is 18.2 Å². The lowest BCUT2D eigenvalue weighted by atomic mass is 10.2. The molecule has 0 bridgehead atoms. The van der Waals surface area contributed by atoms with Gasteiger partial charge in [-0.2, -0.15) is 0 Å². The Morgan fingerprint density at radius 3 is 2.71 bits per heavy atom. The molecule has 2 aromatic rings. The number of imide groups is 1. The minimum absolute atomic E-state index is 0.0653. The van der Waals surface area contributed by atoms with Crippen LogP contribution in [0.2, 0.25) is 5.02 Å². The van der Waals surface area contributed by atoms with Crippen molar-refractivity contribution in [3.63, 3.8) is 0 Å². The van der Waals surface area contributed by atoms with Crippen molar-refractivity contribution in [3.8, 4) is 5.75 Å². The highest BCUT2D eigenvalue weighted by atomic mass is 79.9. The van der Waals surface area contributed by atoms with E-state index in [1.54, 1.807) is 36.4 Å². The predicted molar refractivity (Wildman–Crippen MR) is 96.7 cm³/mol. The van der Waals surface area contributed by atoms with Gasteiger partial charge in [0.1, 0.15) is 11.8 Å². The molecular weight excluding hydrogens is 396 g/mol. The summed E-state index contributed by atoms with van der Waals surface area (Å²) in [7, 11) is 1.53. The van der Waals surface area contributed by atoms with Gasteiger partial charge in [0.25, 0.3) is 5.91 Å². The Bertz CT molecular complexity index is 812. The summed E-state index contributed by atoms with van der Waals surface area (Å²) in [5, 5.41) is 3.58. The average Bonchev–Trinajstić information content (AvgIpc) is 2.82. The topological polar surface area (TPSA) is 58.6 Å². The van der Waals surface area contributed by atoms with Crippen molar-refractivity contribution in [2.45, 2.75) is 12.5 Å². The molecule has 0 aliphatic carbocycles. The van der Waals surface area contributed by atoms with Crippen LogP contribution in [0, 0.1) is 0 Å². The Morgan fingerprint density at radius 1 is 1.25 bits per heavy atom. The number of para-hydroxylation sites is 1. The lowest BCUT2D eigenvalue weighted by Crippen LogP contribution is -2.35. The van der Waals surface area contributed by atoms with Crippen LogP contribution in [0.15, 0.2) is 46.9 Å². The zero-order valence-corrected chi connectivity index (χ0v) is 15.1. The van der Waals surface area contributed by atoms with E-state index < -0.39 is 6.04 Å². The van der Waals surface area contributed by atoms with E-state index in [9.17, 15) is 9.59 Å². The van der Waals surface area contributed by atoms with Crippen molar-refractivity contribution in [1.82, 2.24) is 0 Å². The first-order chi connectivity index (χ1) is 11.5. The van der Waals surface area contributed by atoms with Crippen LogP contribution in [-0.2, 0) is 9.59 Å². The normalized spacial score (nSPS) is 17.3. The van der Waals surface area contributed by atoms with Crippen molar-refractivity contribution in [2.75, 3.05) is 17.3 Å². The van der Waals surface area contributed by atoms with Gasteiger partial charge in [0.15, 0.2) is 0 Å². The zero-order chi connectivity index (χ0) is 17.3. The first kappa shape index (κ1) is 16.8. The van der Waals surface area contributed by atoms with E-state index in [1.807, 2.05) is 6.07 Å². The molecule has 0 spiro atoms. The minimum atomic E-state index is -0.669. The molecule has 1 aliphatic rings. The maximum absolute atomic E-state index is 12.7. The van der Waals surface area contributed by atoms with Crippen LogP contribution in [0.1, 0.15) is 6.42 Å². The molecule has 0 saturated carbocycles. The Kier molecular flexibility index (Phi) is 4.78. The largest absolute Gasteiger partial charge is 0.495 e. The number of anilines is 2. The number of methoxy groups -OCH3 is 1. The van der Waals surface area contributed by atoms with Crippen molar-refractivity contribution in [1.29, 1.82) is 0 Å². The molecule has 7 heteroatoms. The Morgan fingerprint density at radius 2 is 2.00 bits per heavy atom. The van der Waals surface area contributed by atoms with Crippen molar-refractivity contribution in [3.05, 3.63) is 52.0 Å². The number of carbonyl (C=O) groups is 2. The first-order valence-electron chi connectivity index (χ1n) is 7.22. The van der Waals surface area contributed by atoms with Gasteiger partial charge in [-0.25, -0.2) is 4.90 Å². The summed E-state index contributed by atoms with van der Waals surface area (Å²) in [6.07, 6.45) is 0.0653. The van der Waals surface area contributed by atoms with Gasteiger partial charge in [-0.15, -0.1) is 0 Å². The van der Waals surface area contributed by atoms with E-state index >= 15 is 0 Å². The van der Waals surface area contributed by atoms with E-state index in [4.69, 9.17) is 16.3 Å². The number of nitrogens with one attached hydrogen (secondary N) is 1. The number of nitrogens with zero attached hydrogens (tertiary/aromatic N) is 1. The van der Waals surface area contributed by atoms with Crippen LogP contribution in [0.4, 0.5) is 11.4 Å². The molecular formula is C17H14BrClN2O3. The van der Waals surface area contributed by atoms with E-state index in [2.05, 4.69) is 21.2 Å². The number of benzene rings is 2. The van der Waals surface area contributed by atoms with E-state index in [0.717, 1.165) is 0 Å². The van der Waals surface area contributed by atoms with Crippen LogP contribution >= 0.6 is 27.5 Å². The standard InChI is InChI=1S/C17H14BrClN2O3/c1-24-15-7-6-10(19)8-12(15)20-13-9-16(22)21(17(13)23)14-5-3-2-4-11(14)18/h2-8,13,20H,9H2,1H3/t13-/m1/s1.